The summed E-state index contributed by atoms with van der Waals surface area (Å²) < 4.78 is 5.96. The van der Waals surface area contributed by atoms with Crippen LogP contribution >= 0.6 is 11.3 Å². The summed E-state index contributed by atoms with van der Waals surface area (Å²) in [5.41, 5.74) is 1.49. The summed E-state index contributed by atoms with van der Waals surface area (Å²) in [4.78, 5) is 1.42. The van der Waals surface area contributed by atoms with Crippen molar-refractivity contribution in [2.24, 2.45) is 5.92 Å². The average Bonchev–Trinajstić information content (AvgIpc) is 3.13. The van der Waals surface area contributed by atoms with Gasteiger partial charge < -0.3 is 10.1 Å². The zero-order valence-corrected chi connectivity index (χ0v) is 16.5. The molecule has 2 heterocycles. The van der Waals surface area contributed by atoms with Crippen LogP contribution in [0, 0.1) is 5.92 Å². The van der Waals surface area contributed by atoms with E-state index < -0.39 is 0 Å². The number of ether oxygens (including phenoxy) is 1. The molecule has 0 unspecified atom stereocenters. The predicted octanol–water partition coefficient (Wildman–Crippen LogP) is 5.78. The fourth-order valence-electron chi connectivity index (χ4n) is 4.09. The molecule has 0 spiro atoms. The largest absolute Gasteiger partial charge is 0.376 e. The van der Waals surface area contributed by atoms with E-state index in [-0.39, 0.29) is 5.60 Å². The number of rotatable bonds is 7. The van der Waals surface area contributed by atoms with E-state index in [2.05, 4.69) is 73.9 Å². The maximum Gasteiger partial charge on any atom is 0.0629 e. The van der Waals surface area contributed by atoms with Gasteiger partial charge in [0.05, 0.1) is 5.60 Å². The van der Waals surface area contributed by atoms with E-state index in [9.17, 15) is 0 Å². The summed E-state index contributed by atoms with van der Waals surface area (Å²) in [5.74, 6) is 1.30. The molecule has 1 aliphatic heterocycles. The molecule has 0 saturated carbocycles. The number of benzene rings is 1. The second-order valence-electron chi connectivity index (χ2n) is 7.86. The number of hydrogen-bond donors (Lipinski definition) is 1. The predicted molar refractivity (Wildman–Crippen MR) is 107 cm³/mol. The summed E-state index contributed by atoms with van der Waals surface area (Å²) in [6.07, 6.45) is 3.50. The first kappa shape index (κ1) is 18.6. The van der Waals surface area contributed by atoms with Crippen molar-refractivity contribution in [2.45, 2.75) is 57.6 Å². The molecule has 1 aliphatic rings. The van der Waals surface area contributed by atoms with Crippen molar-refractivity contribution in [1.82, 2.24) is 5.32 Å². The minimum absolute atomic E-state index is 0.00758. The lowest BCUT2D eigenvalue weighted by Crippen LogP contribution is -2.37. The minimum Gasteiger partial charge on any atom is -0.376 e. The fraction of sp³-hybridized carbons (Fsp3) is 0.545. The van der Waals surface area contributed by atoms with Crippen molar-refractivity contribution in [2.75, 3.05) is 13.2 Å². The van der Waals surface area contributed by atoms with E-state index in [0.29, 0.717) is 17.9 Å². The minimum atomic E-state index is 0.00758. The van der Waals surface area contributed by atoms with Crippen LogP contribution in [0.3, 0.4) is 0 Å². The van der Waals surface area contributed by atoms with Crippen molar-refractivity contribution >= 4 is 11.3 Å². The molecule has 2 aromatic rings. The highest BCUT2D eigenvalue weighted by Gasteiger charge is 2.33. The van der Waals surface area contributed by atoms with Gasteiger partial charge in [0.2, 0.25) is 0 Å². The second-order valence-corrected chi connectivity index (χ2v) is 8.84. The molecule has 25 heavy (non-hydrogen) atoms. The summed E-state index contributed by atoms with van der Waals surface area (Å²) in [6.45, 7) is 8.67. The van der Waals surface area contributed by atoms with Gasteiger partial charge in [-0.1, -0.05) is 36.4 Å². The molecule has 136 valence electrons. The Balaban J connectivity index is 1.65. The van der Waals surface area contributed by atoms with Gasteiger partial charge in [0.15, 0.2) is 0 Å². The van der Waals surface area contributed by atoms with Crippen molar-refractivity contribution in [3.8, 4) is 0 Å². The monoisotopic (exact) mass is 357 g/mol. The highest BCUT2D eigenvalue weighted by Crippen LogP contribution is 2.39. The molecule has 0 aliphatic carbocycles. The van der Waals surface area contributed by atoms with Gasteiger partial charge in [-0.2, -0.15) is 0 Å². The van der Waals surface area contributed by atoms with Gasteiger partial charge >= 0.3 is 0 Å². The lowest BCUT2D eigenvalue weighted by Gasteiger charge is -2.39. The van der Waals surface area contributed by atoms with E-state index in [4.69, 9.17) is 4.74 Å². The van der Waals surface area contributed by atoms with Gasteiger partial charge in [-0.3, -0.25) is 0 Å². The van der Waals surface area contributed by atoms with Crippen LogP contribution in [0.25, 0.3) is 0 Å². The third kappa shape index (κ3) is 5.16. The highest BCUT2D eigenvalue weighted by molar-refractivity contribution is 7.10. The molecule has 1 saturated heterocycles. The zero-order chi connectivity index (χ0) is 17.7. The molecule has 1 aromatic heterocycles. The van der Waals surface area contributed by atoms with Gasteiger partial charge in [0, 0.05) is 17.5 Å². The Kier molecular flexibility index (Phi) is 6.32. The van der Waals surface area contributed by atoms with Gasteiger partial charge in [0.25, 0.3) is 0 Å². The molecule has 1 aromatic carbocycles. The summed E-state index contributed by atoms with van der Waals surface area (Å²) in [7, 11) is 0. The van der Waals surface area contributed by atoms with Crippen LogP contribution in [0.1, 0.15) is 62.4 Å². The third-order valence-corrected chi connectivity index (χ3v) is 6.46. The molecule has 2 nitrogen and oxygen atoms in total. The molecule has 0 bridgehead atoms. The first-order valence-electron chi connectivity index (χ1n) is 9.51. The first-order chi connectivity index (χ1) is 12.1. The molecule has 1 fully saturated rings. The zero-order valence-electron chi connectivity index (χ0n) is 15.7. The van der Waals surface area contributed by atoms with Gasteiger partial charge in [0.1, 0.15) is 0 Å². The lowest BCUT2D eigenvalue weighted by molar-refractivity contribution is -0.0772. The van der Waals surface area contributed by atoms with Gasteiger partial charge in [-0.15, -0.1) is 11.3 Å². The van der Waals surface area contributed by atoms with Crippen LogP contribution in [0.5, 0.6) is 0 Å². The Hall–Kier alpha value is -1.16. The first-order valence-corrected chi connectivity index (χ1v) is 10.4. The van der Waals surface area contributed by atoms with Gasteiger partial charge in [-0.05, 0) is 75.4 Å². The topological polar surface area (TPSA) is 21.3 Å². The van der Waals surface area contributed by atoms with Crippen LogP contribution < -0.4 is 5.32 Å². The number of nitrogens with one attached hydrogen (secondary N) is 1. The Morgan fingerprint density at radius 1 is 1.20 bits per heavy atom. The molecule has 0 amide bonds. The summed E-state index contributed by atoms with van der Waals surface area (Å²) in [6, 6.07) is 15.9. The Morgan fingerprint density at radius 2 is 2.00 bits per heavy atom. The molecule has 3 rings (SSSR count). The van der Waals surface area contributed by atoms with Crippen LogP contribution in [0.2, 0.25) is 0 Å². The van der Waals surface area contributed by atoms with Crippen LogP contribution in [0.15, 0.2) is 47.8 Å². The van der Waals surface area contributed by atoms with E-state index in [1.54, 1.807) is 0 Å². The van der Waals surface area contributed by atoms with E-state index in [1.807, 2.05) is 11.3 Å². The van der Waals surface area contributed by atoms with Crippen molar-refractivity contribution in [1.29, 1.82) is 0 Å². The Bertz CT molecular complexity index is 623. The van der Waals surface area contributed by atoms with E-state index in [1.165, 1.54) is 23.3 Å². The maximum absolute atomic E-state index is 5.96. The standard InChI is InChI=1S/C22H31NOS/c1-17(21-10-7-15-25-21)23-13-11-20(18-8-5-4-6-9-18)19-12-14-24-22(2,3)16-19/h4-10,15,17,19-20,23H,11-14,16H2,1-3H3/t17-,19-,20-/m1/s1. The lowest BCUT2D eigenvalue weighted by atomic mass is 9.75. The Labute approximate surface area is 156 Å². The smallest absolute Gasteiger partial charge is 0.0629 e. The van der Waals surface area contributed by atoms with Crippen LogP contribution in [-0.4, -0.2) is 18.8 Å². The van der Waals surface area contributed by atoms with Gasteiger partial charge in [-0.25, -0.2) is 0 Å². The van der Waals surface area contributed by atoms with Crippen molar-refractivity contribution < 1.29 is 4.74 Å². The van der Waals surface area contributed by atoms with Crippen molar-refractivity contribution in [3.05, 3.63) is 58.3 Å². The number of hydrogen-bond acceptors (Lipinski definition) is 3. The quantitative estimate of drug-likeness (QED) is 0.678. The maximum atomic E-state index is 5.96. The third-order valence-electron chi connectivity index (χ3n) is 5.41. The average molecular weight is 358 g/mol. The molecular formula is C22H31NOS. The van der Waals surface area contributed by atoms with E-state index in [0.717, 1.165) is 19.6 Å². The summed E-state index contributed by atoms with van der Waals surface area (Å²) >= 11 is 1.84. The molecule has 3 atom stereocenters. The second kappa shape index (κ2) is 8.48. The molecule has 3 heteroatoms. The molecule has 1 N–H and O–H groups in total. The normalized spacial score (nSPS) is 22.4. The van der Waals surface area contributed by atoms with E-state index >= 15 is 0 Å². The molecule has 0 radical (unpaired) electrons. The highest BCUT2D eigenvalue weighted by atomic mass is 32.1. The van der Waals surface area contributed by atoms with Crippen LogP contribution in [0.4, 0.5) is 0 Å². The summed E-state index contributed by atoms with van der Waals surface area (Å²) in [5, 5.41) is 5.88. The number of thiophene rings is 1. The SMILES string of the molecule is C[C@@H](NCC[C@H](c1ccccc1)[C@@H]1CCOC(C)(C)C1)c1cccs1. The fourth-order valence-corrected chi connectivity index (χ4v) is 4.85. The van der Waals surface area contributed by atoms with Crippen LogP contribution in [-0.2, 0) is 4.74 Å². The molecular weight excluding hydrogens is 326 g/mol. The van der Waals surface area contributed by atoms with Crippen molar-refractivity contribution in [3.63, 3.8) is 0 Å². The Morgan fingerprint density at radius 3 is 2.68 bits per heavy atom.